The normalized spacial score (nSPS) is 25.4. The molecular formula is C13H15BrN2O. The number of piperidine rings is 1. The molecule has 1 saturated heterocycles. The van der Waals surface area contributed by atoms with Crippen molar-refractivity contribution in [2.75, 3.05) is 18.0 Å². The van der Waals surface area contributed by atoms with E-state index in [1.54, 1.807) is 6.26 Å². The lowest BCUT2D eigenvalue weighted by Crippen LogP contribution is -2.40. The smallest absolute Gasteiger partial charge is 0.139 e. The fraction of sp³-hybridized carbons (Fsp3) is 0.462. The molecule has 0 amide bonds. The molecule has 2 aromatic heterocycles. The van der Waals surface area contributed by atoms with Crippen molar-refractivity contribution in [3.05, 3.63) is 24.6 Å². The fourth-order valence-electron chi connectivity index (χ4n) is 2.35. The highest BCUT2D eigenvalue weighted by Crippen LogP contribution is 2.30. The van der Waals surface area contributed by atoms with Crippen LogP contribution in [0.2, 0.25) is 0 Å². The number of pyridine rings is 1. The van der Waals surface area contributed by atoms with E-state index in [-0.39, 0.29) is 0 Å². The zero-order chi connectivity index (χ0) is 11.8. The molecule has 17 heavy (non-hydrogen) atoms. The molecule has 0 aliphatic carbocycles. The van der Waals surface area contributed by atoms with E-state index in [9.17, 15) is 0 Å². The molecule has 1 aliphatic heterocycles. The second-order valence-electron chi connectivity index (χ2n) is 4.69. The summed E-state index contributed by atoms with van der Waals surface area (Å²) in [6.07, 6.45) is 4.75. The molecule has 3 nitrogen and oxygen atoms in total. The van der Waals surface area contributed by atoms with Crippen molar-refractivity contribution in [1.29, 1.82) is 0 Å². The maximum absolute atomic E-state index is 5.42. The first-order chi connectivity index (χ1) is 8.25. The van der Waals surface area contributed by atoms with E-state index in [2.05, 4.69) is 32.7 Å². The molecule has 4 heteroatoms. The Morgan fingerprint density at radius 1 is 1.47 bits per heavy atom. The minimum absolute atomic E-state index is 0.542. The van der Waals surface area contributed by atoms with Crippen LogP contribution >= 0.6 is 15.9 Å². The Hall–Kier alpha value is -1.03. The maximum Gasteiger partial charge on any atom is 0.139 e. The van der Waals surface area contributed by atoms with Crippen LogP contribution in [0.15, 0.2) is 29.0 Å². The molecule has 0 N–H and O–H groups in total. The highest BCUT2D eigenvalue weighted by molar-refractivity contribution is 9.09. The van der Waals surface area contributed by atoms with Gasteiger partial charge in [0.15, 0.2) is 0 Å². The summed E-state index contributed by atoms with van der Waals surface area (Å²) in [5.41, 5.74) is 0.916. The van der Waals surface area contributed by atoms with Crippen LogP contribution in [0.1, 0.15) is 13.3 Å². The molecule has 1 aliphatic rings. The third-order valence-corrected chi connectivity index (χ3v) is 4.72. The number of anilines is 1. The first kappa shape index (κ1) is 11.1. The number of furan rings is 1. The third-order valence-electron chi connectivity index (χ3n) is 3.52. The van der Waals surface area contributed by atoms with Gasteiger partial charge in [0.1, 0.15) is 11.4 Å². The van der Waals surface area contributed by atoms with Gasteiger partial charge in [-0.3, -0.25) is 0 Å². The van der Waals surface area contributed by atoms with Crippen molar-refractivity contribution in [3.63, 3.8) is 0 Å². The Morgan fingerprint density at radius 2 is 2.35 bits per heavy atom. The topological polar surface area (TPSA) is 29.3 Å². The van der Waals surface area contributed by atoms with Crippen LogP contribution in [0.4, 0.5) is 5.82 Å². The molecule has 0 aromatic carbocycles. The molecule has 0 bridgehead atoms. The van der Waals surface area contributed by atoms with Gasteiger partial charge < -0.3 is 9.32 Å². The van der Waals surface area contributed by atoms with Gasteiger partial charge in [-0.25, -0.2) is 4.98 Å². The zero-order valence-electron chi connectivity index (χ0n) is 9.77. The van der Waals surface area contributed by atoms with Crippen LogP contribution < -0.4 is 4.90 Å². The van der Waals surface area contributed by atoms with E-state index in [4.69, 9.17) is 4.42 Å². The molecule has 3 heterocycles. The van der Waals surface area contributed by atoms with Crippen LogP contribution in [0.25, 0.3) is 11.0 Å². The Morgan fingerprint density at radius 3 is 3.18 bits per heavy atom. The average Bonchev–Trinajstić information content (AvgIpc) is 2.80. The standard InChI is InChI=1S/C13H15BrN2O/c1-9-3-6-16(8-11(9)14)13-10-4-7-17-12(10)2-5-15-13/h2,4-5,7,9,11H,3,6,8H2,1H3. The van der Waals surface area contributed by atoms with Gasteiger partial charge >= 0.3 is 0 Å². The lowest BCUT2D eigenvalue weighted by atomic mass is 9.99. The molecule has 0 spiro atoms. The molecule has 0 radical (unpaired) electrons. The SMILES string of the molecule is CC1CCN(c2nccc3occc23)CC1Br. The lowest BCUT2D eigenvalue weighted by molar-refractivity contribution is 0.455. The van der Waals surface area contributed by atoms with Gasteiger partial charge in [0.2, 0.25) is 0 Å². The Bertz CT molecular complexity index is 525. The Kier molecular flexibility index (Phi) is 2.82. The third kappa shape index (κ3) is 1.95. The van der Waals surface area contributed by atoms with E-state index in [1.165, 1.54) is 6.42 Å². The summed E-state index contributed by atoms with van der Waals surface area (Å²) in [4.78, 5) is 7.39. The van der Waals surface area contributed by atoms with Crippen LogP contribution in [0.5, 0.6) is 0 Å². The van der Waals surface area contributed by atoms with Gasteiger partial charge in [-0.15, -0.1) is 0 Å². The van der Waals surface area contributed by atoms with E-state index < -0.39 is 0 Å². The Labute approximate surface area is 109 Å². The van der Waals surface area contributed by atoms with E-state index in [0.717, 1.165) is 35.8 Å². The molecular weight excluding hydrogens is 280 g/mol. The van der Waals surface area contributed by atoms with E-state index in [1.807, 2.05) is 18.3 Å². The minimum atomic E-state index is 0.542. The summed E-state index contributed by atoms with van der Waals surface area (Å²) in [6, 6.07) is 3.91. The van der Waals surface area contributed by atoms with Crippen LogP contribution in [-0.4, -0.2) is 22.9 Å². The van der Waals surface area contributed by atoms with Crippen molar-refractivity contribution < 1.29 is 4.42 Å². The predicted octanol–water partition coefficient (Wildman–Crippen LogP) is 3.44. The zero-order valence-corrected chi connectivity index (χ0v) is 11.4. The number of fused-ring (bicyclic) bond motifs is 1. The number of hydrogen-bond acceptors (Lipinski definition) is 3. The number of rotatable bonds is 1. The van der Waals surface area contributed by atoms with E-state index >= 15 is 0 Å². The highest BCUT2D eigenvalue weighted by Gasteiger charge is 2.25. The predicted molar refractivity (Wildman–Crippen MR) is 72.7 cm³/mol. The number of halogens is 1. The van der Waals surface area contributed by atoms with Crippen molar-refractivity contribution in [1.82, 2.24) is 4.98 Å². The van der Waals surface area contributed by atoms with Crippen molar-refractivity contribution >= 4 is 32.7 Å². The second kappa shape index (κ2) is 4.33. The number of hydrogen-bond donors (Lipinski definition) is 0. The molecule has 0 saturated carbocycles. The minimum Gasteiger partial charge on any atom is -0.464 e. The monoisotopic (exact) mass is 294 g/mol. The molecule has 3 rings (SSSR count). The molecule has 1 fully saturated rings. The summed E-state index contributed by atoms with van der Waals surface area (Å²) in [5.74, 6) is 1.78. The highest BCUT2D eigenvalue weighted by atomic mass is 79.9. The van der Waals surface area contributed by atoms with E-state index in [0.29, 0.717) is 4.83 Å². The van der Waals surface area contributed by atoms with Crippen LogP contribution in [-0.2, 0) is 0 Å². The summed E-state index contributed by atoms with van der Waals surface area (Å²) >= 11 is 3.75. The van der Waals surface area contributed by atoms with Crippen LogP contribution in [0.3, 0.4) is 0 Å². The maximum atomic E-state index is 5.42. The summed E-state index contributed by atoms with van der Waals surface area (Å²) in [7, 11) is 0. The van der Waals surface area contributed by atoms with Crippen LogP contribution in [0, 0.1) is 5.92 Å². The molecule has 2 atom stereocenters. The second-order valence-corrected chi connectivity index (χ2v) is 5.87. The number of nitrogens with zero attached hydrogens (tertiary/aromatic N) is 2. The van der Waals surface area contributed by atoms with Crippen molar-refractivity contribution in [3.8, 4) is 0 Å². The van der Waals surface area contributed by atoms with Gasteiger partial charge in [0, 0.05) is 24.1 Å². The van der Waals surface area contributed by atoms with Gasteiger partial charge in [-0.2, -0.15) is 0 Å². The van der Waals surface area contributed by atoms with Crippen molar-refractivity contribution in [2.24, 2.45) is 5.92 Å². The summed E-state index contributed by atoms with van der Waals surface area (Å²) in [6.45, 7) is 4.38. The van der Waals surface area contributed by atoms with Crippen molar-refractivity contribution in [2.45, 2.75) is 18.2 Å². The molecule has 2 aromatic rings. The first-order valence-electron chi connectivity index (χ1n) is 5.97. The lowest BCUT2D eigenvalue weighted by Gasteiger charge is -2.35. The quantitative estimate of drug-likeness (QED) is 0.755. The number of aromatic nitrogens is 1. The first-order valence-corrected chi connectivity index (χ1v) is 6.88. The van der Waals surface area contributed by atoms with Gasteiger partial charge in [-0.1, -0.05) is 22.9 Å². The fourth-order valence-corrected chi connectivity index (χ4v) is 2.96. The summed E-state index contributed by atoms with van der Waals surface area (Å²) < 4.78 is 5.42. The summed E-state index contributed by atoms with van der Waals surface area (Å²) in [5, 5.41) is 1.11. The number of alkyl halides is 1. The molecule has 90 valence electrons. The molecule has 2 unspecified atom stereocenters. The Balaban J connectivity index is 1.96. The van der Waals surface area contributed by atoms with Gasteiger partial charge in [0.05, 0.1) is 11.6 Å². The van der Waals surface area contributed by atoms with Gasteiger partial charge in [-0.05, 0) is 24.5 Å². The largest absolute Gasteiger partial charge is 0.464 e. The van der Waals surface area contributed by atoms with Gasteiger partial charge in [0.25, 0.3) is 0 Å². The average molecular weight is 295 g/mol.